The Labute approximate surface area is 161 Å². The average Bonchev–Trinajstić information content (AvgIpc) is 3.16. The first-order chi connectivity index (χ1) is 12.8. The van der Waals surface area contributed by atoms with Crippen LogP contribution in [0.1, 0.15) is 17.2 Å². The van der Waals surface area contributed by atoms with Crippen LogP contribution in [0.5, 0.6) is 0 Å². The van der Waals surface area contributed by atoms with Gasteiger partial charge < -0.3 is 15.4 Å². The van der Waals surface area contributed by atoms with E-state index in [2.05, 4.69) is 10.6 Å². The number of amides is 2. The van der Waals surface area contributed by atoms with Gasteiger partial charge in [0, 0.05) is 5.70 Å². The molecule has 0 unspecified atom stereocenters. The van der Waals surface area contributed by atoms with Gasteiger partial charge in [-0.2, -0.15) is 0 Å². The zero-order chi connectivity index (χ0) is 19.6. The van der Waals surface area contributed by atoms with E-state index < -0.39 is 33.6 Å². The molecular formula is C18H18N2O5S2. The molecule has 0 aliphatic carbocycles. The van der Waals surface area contributed by atoms with Crippen LogP contribution in [0.15, 0.2) is 57.3 Å². The van der Waals surface area contributed by atoms with Crippen molar-refractivity contribution in [2.75, 3.05) is 12.9 Å². The van der Waals surface area contributed by atoms with Gasteiger partial charge in [0.05, 0.1) is 24.5 Å². The monoisotopic (exact) mass is 406 g/mol. The maximum Gasteiger partial charge on any atom is 0.338 e. The SMILES string of the molecule is COC(=O)C1=C(CS(=O)(=O)c2cccs2)NC(=O)N[C@H]1c1ccc(C)cc1. The third-order valence-electron chi connectivity index (χ3n) is 4.11. The third kappa shape index (κ3) is 4.04. The van der Waals surface area contributed by atoms with E-state index >= 15 is 0 Å². The molecule has 0 spiro atoms. The fourth-order valence-electron chi connectivity index (χ4n) is 2.79. The van der Waals surface area contributed by atoms with E-state index in [1.54, 1.807) is 23.6 Å². The second-order valence-corrected chi connectivity index (χ2v) is 9.18. The second kappa shape index (κ2) is 7.53. The van der Waals surface area contributed by atoms with Crippen molar-refractivity contribution in [3.8, 4) is 0 Å². The van der Waals surface area contributed by atoms with Crippen molar-refractivity contribution < 1.29 is 22.7 Å². The Morgan fingerprint density at radius 2 is 1.93 bits per heavy atom. The van der Waals surface area contributed by atoms with Gasteiger partial charge in [-0.05, 0) is 23.9 Å². The normalized spacial score (nSPS) is 17.3. The minimum atomic E-state index is -3.72. The van der Waals surface area contributed by atoms with Crippen LogP contribution in [0.4, 0.5) is 4.79 Å². The molecule has 1 aliphatic rings. The molecule has 3 rings (SSSR count). The number of nitrogens with one attached hydrogen (secondary N) is 2. The average molecular weight is 406 g/mol. The molecule has 1 aromatic heterocycles. The fraction of sp³-hybridized carbons (Fsp3) is 0.222. The van der Waals surface area contributed by atoms with Crippen LogP contribution in [-0.2, 0) is 19.4 Å². The van der Waals surface area contributed by atoms with Crippen molar-refractivity contribution >= 4 is 33.2 Å². The van der Waals surface area contributed by atoms with Crippen LogP contribution >= 0.6 is 11.3 Å². The molecular weight excluding hydrogens is 388 g/mol. The lowest BCUT2D eigenvalue weighted by Gasteiger charge is -2.29. The van der Waals surface area contributed by atoms with Gasteiger partial charge in [-0.25, -0.2) is 18.0 Å². The number of aryl methyl sites for hydroxylation is 1. The molecule has 0 saturated carbocycles. The Kier molecular flexibility index (Phi) is 5.33. The summed E-state index contributed by atoms with van der Waals surface area (Å²) >= 11 is 1.08. The molecule has 142 valence electrons. The summed E-state index contributed by atoms with van der Waals surface area (Å²) in [5.74, 6) is -1.21. The molecule has 1 atom stereocenters. The van der Waals surface area contributed by atoms with Crippen LogP contribution < -0.4 is 10.6 Å². The highest BCUT2D eigenvalue weighted by Crippen LogP contribution is 2.30. The van der Waals surface area contributed by atoms with Crippen LogP contribution in [0, 0.1) is 6.92 Å². The van der Waals surface area contributed by atoms with E-state index in [1.807, 2.05) is 19.1 Å². The number of carbonyl (C=O) groups excluding carboxylic acids is 2. The highest BCUT2D eigenvalue weighted by atomic mass is 32.2. The lowest BCUT2D eigenvalue weighted by molar-refractivity contribution is -0.136. The molecule has 7 nitrogen and oxygen atoms in total. The number of benzene rings is 1. The van der Waals surface area contributed by atoms with E-state index in [4.69, 9.17) is 4.74 Å². The standard InChI is InChI=1S/C18H18N2O5S2/c1-11-5-7-12(8-6-11)16-15(17(21)25-2)13(19-18(22)20-16)10-27(23,24)14-4-3-9-26-14/h3-9,16H,10H2,1-2H3,(H2,19,20,22)/t16-/m0/s1. The van der Waals surface area contributed by atoms with Gasteiger partial charge in [-0.3, -0.25) is 0 Å². The number of hydrogen-bond donors (Lipinski definition) is 2. The zero-order valence-corrected chi connectivity index (χ0v) is 16.3. The number of thiophene rings is 1. The highest BCUT2D eigenvalue weighted by Gasteiger charge is 2.35. The van der Waals surface area contributed by atoms with Gasteiger partial charge in [-0.15, -0.1) is 11.3 Å². The van der Waals surface area contributed by atoms with Crippen molar-refractivity contribution in [1.29, 1.82) is 0 Å². The molecule has 0 saturated heterocycles. The van der Waals surface area contributed by atoms with Crippen molar-refractivity contribution in [3.63, 3.8) is 0 Å². The third-order valence-corrected chi connectivity index (χ3v) is 7.24. The van der Waals surface area contributed by atoms with E-state index in [0.717, 1.165) is 16.9 Å². The minimum absolute atomic E-state index is 0.0181. The minimum Gasteiger partial charge on any atom is -0.466 e. The smallest absolute Gasteiger partial charge is 0.338 e. The lowest BCUT2D eigenvalue weighted by atomic mass is 9.95. The topological polar surface area (TPSA) is 102 Å². The first kappa shape index (κ1) is 19.1. The number of methoxy groups -OCH3 is 1. The van der Waals surface area contributed by atoms with Crippen LogP contribution in [0.2, 0.25) is 0 Å². The summed E-state index contributed by atoms with van der Waals surface area (Å²) in [6.07, 6.45) is 0. The number of esters is 1. The Morgan fingerprint density at radius 1 is 1.22 bits per heavy atom. The summed E-state index contributed by atoms with van der Waals surface area (Å²) in [5.41, 5.74) is 1.76. The van der Waals surface area contributed by atoms with Crippen molar-refractivity contribution in [2.45, 2.75) is 17.2 Å². The predicted octanol–water partition coefficient (Wildman–Crippen LogP) is 2.31. The summed E-state index contributed by atoms with van der Waals surface area (Å²) in [6.45, 7) is 1.92. The fourth-order valence-corrected chi connectivity index (χ4v) is 5.21. The van der Waals surface area contributed by atoms with Gasteiger partial charge in [0.2, 0.25) is 0 Å². The zero-order valence-electron chi connectivity index (χ0n) is 14.7. The molecule has 2 N–H and O–H groups in total. The summed E-state index contributed by atoms with van der Waals surface area (Å²) < 4.78 is 30.4. The summed E-state index contributed by atoms with van der Waals surface area (Å²) in [4.78, 5) is 24.6. The van der Waals surface area contributed by atoms with E-state index in [0.29, 0.717) is 5.56 Å². The molecule has 2 aromatic rings. The Bertz CT molecular complexity index is 993. The van der Waals surface area contributed by atoms with E-state index in [-0.39, 0.29) is 15.5 Å². The molecule has 0 fully saturated rings. The lowest BCUT2D eigenvalue weighted by Crippen LogP contribution is -2.47. The van der Waals surface area contributed by atoms with Crippen molar-refractivity contribution in [3.05, 3.63) is 64.2 Å². The van der Waals surface area contributed by atoms with Crippen LogP contribution in [0.25, 0.3) is 0 Å². The first-order valence-electron chi connectivity index (χ1n) is 8.03. The van der Waals surface area contributed by atoms with Gasteiger partial charge in [-0.1, -0.05) is 35.9 Å². The van der Waals surface area contributed by atoms with Crippen LogP contribution in [-0.4, -0.2) is 33.3 Å². The van der Waals surface area contributed by atoms with Crippen molar-refractivity contribution in [2.24, 2.45) is 0 Å². The molecule has 9 heteroatoms. The number of ether oxygens (including phenoxy) is 1. The van der Waals surface area contributed by atoms with Gasteiger partial charge in [0.1, 0.15) is 4.21 Å². The highest BCUT2D eigenvalue weighted by molar-refractivity contribution is 7.93. The Balaban J connectivity index is 2.09. The van der Waals surface area contributed by atoms with Gasteiger partial charge in [0.15, 0.2) is 9.84 Å². The molecule has 1 aromatic carbocycles. The molecule has 1 aliphatic heterocycles. The number of carbonyl (C=O) groups is 2. The Hall–Kier alpha value is -2.65. The number of rotatable bonds is 5. The second-order valence-electron chi connectivity index (χ2n) is 6.02. The number of sulfone groups is 1. The summed E-state index contributed by atoms with van der Waals surface area (Å²) in [7, 11) is -2.50. The van der Waals surface area contributed by atoms with Gasteiger partial charge in [0.25, 0.3) is 0 Å². The Morgan fingerprint density at radius 3 is 2.52 bits per heavy atom. The molecule has 0 radical (unpaired) electrons. The molecule has 27 heavy (non-hydrogen) atoms. The maximum absolute atomic E-state index is 12.7. The van der Waals surface area contributed by atoms with E-state index in [1.165, 1.54) is 13.2 Å². The molecule has 0 bridgehead atoms. The number of hydrogen-bond acceptors (Lipinski definition) is 6. The molecule has 2 amide bonds. The molecule has 2 heterocycles. The predicted molar refractivity (Wildman–Crippen MR) is 101 cm³/mol. The largest absolute Gasteiger partial charge is 0.466 e. The van der Waals surface area contributed by atoms with E-state index in [9.17, 15) is 18.0 Å². The van der Waals surface area contributed by atoms with Crippen LogP contribution in [0.3, 0.4) is 0 Å². The van der Waals surface area contributed by atoms with Crippen molar-refractivity contribution in [1.82, 2.24) is 10.6 Å². The van der Waals surface area contributed by atoms with Gasteiger partial charge >= 0.3 is 12.0 Å². The summed E-state index contributed by atoms with van der Waals surface area (Å²) in [6, 6.07) is 8.98. The maximum atomic E-state index is 12.7. The number of urea groups is 1. The first-order valence-corrected chi connectivity index (χ1v) is 10.6. The summed E-state index contributed by atoms with van der Waals surface area (Å²) in [5, 5.41) is 6.78. The quantitative estimate of drug-likeness (QED) is 0.742.